The number of nitrogens with one attached hydrogen (secondary N) is 1. The summed E-state index contributed by atoms with van der Waals surface area (Å²) in [5.41, 5.74) is 0.864. The molecule has 0 spiro atoms. The molecule has 2 aromatic rings. The molecule has 0 aliphatic carbocycles. The third-order valence-electron chi connectivity index (χ3n) is 2.83. The molecular formula is C16H12BrFN2O3. The Morgan fingerprint density at radius 2 is 2.04 bits per heavy atom. The molecule has 0 atom stereocenters. The summed E-state index contributed by atoms with van der Waals surface area (Å²) in [6.07, 6.45) is 0. The summed E-state index contributed by atoms with van der Waals surface area (Å²) >= 11 is 3.28. The number of hydrogen-bond donors (Lipinski definition) is 1. The average molecular weight is 379 g/mol. The third-order valence-corrected chi connectivity index (χ3v) is 3.42. The first kappa shape index (κ1) is 16.8. The quantitative estimate of drug-likeness (QED) is 0.864. The molecule has 0 aliphatic rings. The Balaban J connectivity index is 2.04. The Morgan fingerprint density at radius 3 is 2.65 bits per heavy atom. The first-order chi connectivity index (χ1) is 11.0. The van der Waals surface area contributed by atoms with Gasteiger partial charge in [0.2, 0.25) is 0 Å². The summed E-state index contributed by atoms with van der Waals surface area (Å²) in [6.45, 7) is -0.266. The molecule has 0 radical (unpaired) electrons. The number of nitrogens with zero attached hydrogens (tertiary/aromatic N) is 1. The van der Waals surface area contributed by atoms with Gasteiger partial charge >= 0.3 is 0 Å². The van der Waals surface area contributed by atoms with Crippen LogP contribution < -0.4 is 14.8 Å². The maximum Gasteiger partial charge on any atom is 0.262 e. The molecule has 0 aliphatic heterocycles. The van der Waals surface area contributed by atoms with Crippen molar-refractivity contribution in [1.29, 1.82) is 5.26 Å². The number of benzene rings is 2. The Hall–Kier alpha value is -2.59. The molecule has 5 nitrogen and oxygen atoms in total. The molecule has 0 heterocycles. The molecule has 23 heavy (non-hydrogen) atoms. The zero-order valence-electron chi connectivity index (χ0n) is 12.1. The van der Waals surface area contributed by atoms with E-state index >= 15 is 0 Å². The van der Waals surface area contributed by atoms with Crippen molar-refractivity contribution in [2.75, 3.05) is 19.0 Å². The highest BCUT2D eigenvalue weighted by Gasteiger charge is 2.13. The smallest absolute Gasteiger partial charge is 0.262 e. The van der Waals surface area contributed by atoms with Gasteiger partial charge in [-0.15, -0.1) is 0 Å². The van der Waals surface area contributed by atoms with E-state index < -0.39 is 5.91 Å². The number of halogens is 2. The Labute approximate surface area is 140 Å². The topological polar surface area (TPSA) is 71.3 Å². The molecule has 0 bridgehead atoms. The van der Waals surface area contributed by atoms with Gasteiger partial charge < -0.3 is 14.8 Å². The molecule has 0 unspecified atom stereocenters. The van der Waals surface area contributed by atoms with Crippen LogP contribution in [0.3, 0.4) is 0 Å². The fourth-order valence-electron chi connectivity index (χ4n) is 1.79. The van der Waals surface area contributed by atoms with E-state index in [1.54, 1.807) is 6.07 Å². The number of hydrogen-bond acceptors (Lipinski definition) is 4. The average Bonchev–Trinajstić information content (AvgIpc) is 2.55. The Kier molecular flexibility index (Phi) is 5.55. The predicted octanol–water partition coefficient (Wildman–Crippen LogP) is 3.49. The van der Waals surface area contributed by atoms with Crippen LogP contribution in [0.15, 0.2) is 40.9 Å². The normalized spacial score (nSPS) is 9.83. The van der Waals surface area contributed by atoms with Gasteiger partial charge in [0.1, 0.15) is 5.82 Å². The van der Waals surface area contributed by atoms with Crippen LogP contribution in [0, 0.1) is 17.1 Å². The second-order valence-corrected chi connectivity index (χ2v) is 5.30. The fourth-order valence-corrected chi connectivity index (χ4v) is 2.35. The summed E-state index contributed by atoms with van der Waals surface area (Å²) in [7, 11) is 1.44. The van der Waals surface area contributed by atoms with Gasteiger partial charge in [0.15, 0.2) is 18.1 Å². The van der Waals surface area contributed by atoms with E-state index in [1.807, 2.05) is 6.07 Å². The summed E-state index contributed by atoms with van der Waals surface area (Å²) in [6, 6.07) is 10.5. The Bertz CT molecular complexity index is 757. The molecule has 1 N–H and O–H groups in total. The lowest BCUT2D eigenvalue weighted by atomic mass is 10.2. The van der Waals surface area contributed by atoms with Crippen molar-refractivity contribution in [3.05, 3.63) is 52.3 Å². The lowest BCUT2D eigenvalue weighted by Gasteiger charge is -2.13. The zero-order valence-corrected chi connectivity index (χ0v) is 13.7. The van der Waals surface area contributed by atoms with E-state index in [-0.39, 0.29) is 12.4 Å². The minimum atomic E-state index is -0.407. The van der Waals surface area contributed by atoms with Crippen molar-refractivity contribution in [2.45, 2.75) is 0 Å². The van der Waals surface area contributed by atoms with Crippen LogP contribution in [0.1, 0.15) is 5.56 Å². The number of rotatable bonds is 5. The molecule has 118 valence electrons. The number of amides is 1. The van der Waals surface area contributed by atoms with Crippen molar-refractivity contribution in [2.24, 2.45) is 0 Å². The molecular weight excluding hydrogens is 367 g/mol. The highest BCUT2D eigenvalue weighted by atomic mass is 79.9. The van der Waals surface area contributed by atoms with Crippen molar-refractivity contribution in [1.82, 2.24) is 0 Å². The Morgan fingerprint density at radius 1 is 1.35 bits per heavy atom. The minimum Gasteiger partial charge on any atom is -0.493 e. The van der Waals surface area contributed by atoms with Gasteiger partial charge in [-0.05, 0) is 46.3 Å². The number of methoxy groups -OCH3 is 1. The van der Waals surface area contributed by atoms with Crippen molar-refractivity contribution < 1.29 is 18.7 Å². The van der Waals surface area contributed by atoms with Crippen LogP contribution in [0.4, 0.5) is 10.1 Å². The van der Waals surface area contributed by atoms with Gasteiger partial charge in [-0.25, -0.2) is 4.39 Å². The molecule has 0 saturated heterocycles. The largest absolute Gasteiger partial charge is 0.493 e. The van der Waals surface area contributed by atoms with Crippen LogP contribution in [-0.4, -0.2) is 19.6 Å². The van der Waals surface area contributed by atoms with Gasteiger partial charge in [-0.2, -0.15) is 5.26 Å². The van der Waals surface area contributed by atoms with E-state index in [2.05, 4.69) is 21.2 Å². The third kappa shape index (κ3) is 4.44. The van der Waals surface area contributed by atoms with Gasteiger partial charge in [0.05, 0.1) is 23.2 Å². The molecule has 2 rings (SSSR count). The summed E-state index contributed by atoms with van der Waals surface area (Å²) in [5.74, 6) is -0.133. The summed E-state index contributed by atoms with van der Waals surface area (Å²) in [5, 5.41) is 11.5. The van der Waals surface area contributed by atoms with Gasteiger partial charge in [-0.3, -0.25) is 4.79 Å². The van der Waals surface area contributed by atoms with Crippen molar-refractivity contribution in [3.8, 4) is 17.6 Å². The number of nitriles is 1. The van der Waals surface area contributed by atoms with E-state index in [4.69, 9.17) is 14.7 Å². The zero-order chi connectivity index (χ0) is 16.8. The molecule has 2 aromatic carbocycles. The summed E-state index contributed by atoms with van der Waals surface area (Å²) < 4.78 is 23.9. The highest BCUT2D eigenvalue weighted by Crippen LogP contribution is 2.36. The monoisotopic (exact) mass is 378 g/mol. The van der Waals surface area contributed by atoms with Gasteiger partial charge in [0, 0.05) is 11.8 Å². The number of anilines is 1. The van der Waals surface area contributed by atoms with Crippen LogP contribution in [0.25, 0.3) is 0 Å². The first-order valence-electron chi connectivity index (χ1n) is 6.49. The lowest BCUT2D eigenvalue weighted by molar-refractivity contribution is -0.118. The minimum absolute atomic E-state index is 0.266. The maximum atomic E-state index is 12.8. The van der Waals surface area contributed by atoms with Gasteiger partial charge in [0.25, 0.3) is 5.91 Å². The summed E-state index contributed by atoms with van der Waals surface area (Å²) in [4.78, 5) is 11.9. The van der Waals surface area contributed by atoms with Crippen molar-refractivity contribution >= 4 is 27.5 Å². The van der Waals surface area contributed by atoms with E-state index in [1.165, 1.54) is 37.4 Å². The molecule has 1 amide bonds. The molecule has 0 saturated carbocycles. The lowest BCUT2D eigenvalue weighted by Crippen LogP contribution is -2.20. The number of ether oxygens (including phenoxy) is 2. The standard InChI is InChI=1S/C16H12BrFN2O3/c1-22-14-7-10(8-19)6-13(17)16(14)23-9-15(21)20-12-4-2-11(18)3-5-12/h2-7H,9H2,1H3,(H,20,21). The predicted molar refractivity (Wildman–Crippen MR) is 85.9 cm³/mol. The van der Waals surface area contributed by atoms with Gasteiger partial charge in [-0.1, -0.05) is 0 Å². The van der Waals surface area contributed by atoms with E-state index in [0.29, 0.717) is 27.2 Å². The molecule has 0 aromatic heterocycles. The maximum absolute atomic E-state index is 12.8. The molecule has 7 heteroatoms. The van der Waals surface area contributed by atoms with Crippen LogP contribution in [0.5, 0.6) is 11.5 Å². The van der Waals surface area contributed by atoms with Crippen LogP contribution >= 0.6 is 15.9 Å². The van der Waals surface area contributed by atoms with E-state index in [9.17, 15) is 9.18 Å². The molecule has 0 fully saturated rings. The van der Waals surface area contributed by atoms with Crippen LogP contribution in [-0.2, 0) is 4.79 Å². The van der Waals surface area contributed by atoms with E-state index in [0.717, 1.165) is 0 Å². The highest BCUT2D eigenvalue weighted by molar-refractivity contribution is 9.10. The second kappa shape index (κ2) is 7.61. The first-order valence-corrected chi connectivity index (χ1v) is 7.28. The van der Waals surface area contributed by atoms with Crippen LogP contribution in [0.2, 0.25) is 0 Å². The number of carbonyl (C=O) groups excluding carboxylic acids is 1. The fraction of sp³-hybridized carbons (Fsp3) is 0.125. The second-order valence-electron chi connectivity index (χ2n) is 4.45. The van der Waals surface area contributed by atoms with Crippen molar-refractivity contribution in [3.63, 3.8) is 0 Å². The SMILES string of the molecule is COc1cc(C#N)cc(Br)c1OCC(=O)Nc1ccc(F)cc1. The number of carbonyl (C=O) groups is 1.